The summed E-state index contributed by atoms with van der Waals surface area (Å²) >= 11 is 0. The number of rotatable bonds is 2. The number of hydrogen-bond donors (Lipinski definition) is 0. The second-order valence-electron chi connectivity index (χ2n) is 4.72. The molecular weight excluding hydrogens is 278 g/mol. The highest BCUT2D eigenvalue weighted by Gasteiger charge is 2.24. The first-order valence-corrected chi connectivity index (χ1v) is 6.47. The fraction of sp³-hybridized carbons (Fsp3) is 0.188. The van der Waals surface area contributed by atoms with Crippen molar-refractivity contribution in [2.45, 2.75) is 6.92 Å². The predicted molar refractivity (Wildman–Crippen MR) is 72.0 cm³/mol. The van der Waals surface area contributed by atoms with Crippen LogP contribution < -0.4 is 9.47 Å². The molecule has 0 unspecified atom stereocenters. The van der Waals surface area contributed by atoms with E-state index in [-0.39, 0.29) is 22.4 Å². The van der Waals surface area contributed by atoms with Crippen LogP contribution in [0.5, 0.6) is 11.5 Å². The van der Waals surface area contributed by atoms with Crippen LogP contribution in [0.15, 0.2) is 30.3 Å². The van der Waals surface area contributed by atoms with Crippen molar-refractivity contribution in [1.82, 2.24) is 0 Å². The van der Waals surface area contributed by atoms with Crippen molar-refractivity contribution < 1.29 is 23.0 Å². The van der Waals surface area contributed by atoms with E-state index < -0.39 is 17.4 Å². The molecule has 2 aromatic rings. The Morgan fingerprint density at radius 3 is 2.57 bits per heavy atom. The van der Waals surface area contributed by atoms with Gasteiger partial charge in [0.15, 0.2) is 28.9 Å². The minimum absolute atomic E-state index is 0.152. The third kappa shape index (κ3) is 2.24. The maximum atomic E-state index is 14.0. The van der Waals surface area contributed by atoms with Crippen LogP contribution in [0.3, 0.4) is 0 Å². The molecule has 1 aliphatic heterocycles. The van der Waals surface area contributed by atoms with Gasteiger partial charge < -0.3 is 9.47 Å². The molecule has 0 N–H and O–H groups in total. The molecule has 0 bridgehead atoms. The molecule has 0 atom stereocenters. The van der Waals surface area contributed by atoms with Gasteiger partial charge in [0.25, 0.3) is 0 Å². The Kier molecular flexibility index (Phi) is 3.33. The molecule has 108 valence electrons. The summed E-state index contributed by atoms with van der Waals surface area (Å²) < 4.78 is 38.4. The maximum absolute atomic E-state index is 14.0. The number of fused-ring (bicyclic) bond motifs is 1. The van der Waals surface area contributed by atoms with Gasteiger partial charge in [0.2, 0.25) is 0 Å². The van der Waals surface area contributed by atoms with Gasteiger partial charge >= 0.3 is 0 Å². The van der Waals surface area contributed by atoms with E-state index in [0.29, 0.717) is 19.0 Å². The molecular formula is C16H12F2O3. The highest BCUT2D eigenvalue weighted by atomic mass is 19.2. The molecule has 5 heteroatoms. The third-order valence-corrected chi connectivity index (χ3v) is 3.33. The summed E-state index contributed by atoms with van der Waals surface area (Å²) in [6.45, 7) is 2.13. The average Bonchev–Trinajstić information content (AvgIpc) is 2.51. The highest BCUT2D eigenvalue weighted by Crippen LogP contribution is 2.35. The fourth-order valence-corrected chi connectivity index (χ4v) is 2.22. The lowest BCUT2D eigenvalue weighted by Gasteiger charge is -2.20. The fourth-order valence-electron chi connectivity index (χ4n) is 2.22. The first-order chi connectivity index (χ1) is 10.1. The van der Waals surface area contributed by atoms with Crippen molar-refractivity contribution in [2.24, 2.45) is 0 Å². The first-order valence-electron chi connectivity index (χ1n) is 6.47. The lowest BCUT2D eigenvalue weighted by Crippen LogP contribution is -2.18. The van der Waals surface area contributed by atoms with Crippen LogP contribution in [-0.4, -0.2) is 19.0 Å². The van der Waals surface area contributed by atoms with Gasteiger partial charge in [-0.05, 0) is 30.7 Å². The van der Waals surface area contributed by atoms with Gasteiger partial charge in [-0.25, -0.2) is 8.78 Å². The van der Waals surface area contributed by atoms with Crippen molar-refractivity contribution in [3.05, 3.63) is 58.7 Å². The Bertz CT molecular complexity index is 726. The Labute approximate surface area is 120 Å². The Morgan fingerprint density at radius 2 is 1.76 bits per heavy atom. The largest absolute Gasteiger partial charge is 0.486 e. The normalized spacial score (nSPS) is 13.1. The second kappa shape index (κ2) is 5.16. The summed E-state index contributed by atoms with van der Waals surface area (Å²) in [5.74, 6) is -2.08. The van der Waals surface area contributed by atoms with Crippen LogP contribution in [0, 0.1) is 18.6 Å². The van der Waals surface area contributed by atoms with E-state index in [4.69, 9.17) is 9.47 Å². The average molecular weight is 290 g/mol. The molecule has 0 amide bonds. The molecule has 0 fully saturated rings. The number of benzene rings is 2. The number of halogens is 2. The van der Waals surface area contributed by atoms with Gasteiger partial charge in [-0.15, -0.1) is 0 Å². The van der Waals surface area contributed by atoms with Crippen LogP contribution in [0.4, 0.5) is 8.78 Å². The first kappa shape index (κ1) is 13.5. The number of carbonyl (C=O) groups is 1. The van der Waals surface area contributed by atoms with Crippen molar-refractivity contribution in [3.8, 4) is 11.5 Å². The summed E-state index contributed by atoms with van der Waals surface area (Å²) in [7, 11) is 0. The van der Waals surface area contributed by atoms with Crippen LogP contribution in [0.25, 0.3) is 0 Å². The minimum atomic E-state index is -1.14. The summed E-state index contributed by atoms with van der Waals surface area (Å²) in [4.78, 5) is 12.5. The van der Waals surface area contributed by atoms with Gasteiger partial charge in [0.1, 0.15) is 13.2 Å². The van der Waals surface area contributed by atoms with Gasteiger partial charge in [0.05, 0.1) is 11.1 Å². The lowest BCUT2D eigenvalue weighted by atomic mass is 10.00. The van der Waals surface area contributed by atoms with E-state index >= 15 is 0 Å². The second-order valence-corrected chi connectivity index (χ2v) is 4.72. The minimum Gasteiger partial charge on any atom is -0.486 e. The molecule has 0 saturated carbocycles. The molecule has 0 radical (unpaired) electrons. The van der Waals surface area contributed by atoms with Crippen LogP contribution in [0.2, 0.25) is 0 Å². The number of ether oxygens (including phenoxy) is 2. The molecule has 3 nitrogen and oxygen atoms in total. The van der Waals surface area contributed by atoms with E-state index in [2.05, 4.69) is 0 Å². The quantitative estimate of drug-likeness (QED) is 0.796. The Morgan fingerprint density at radius 1 is 1.00 bits per heavy atom. The van der Waals surface area contributed by atoms with E-state index in [0.717, 1.165) is 0 Å². The molecule has 1 aliphatic rings. The predicted octanol–water partition coefficient (Wildman–Crippen LogP) is 3.28. The number of aryl methyl sites for hydroxylation is 1. The molecule has 0 saturated heterocycles. The number of carbonyl (C=O) groups excluding carboxylic acids is 1. The van der Waals surface area contributed by atoms with Gasteiger partial charge in [0, 0.05) is 0 Å². The third-order valence-electron chi connectivity index (χ3n) is 3.33. The van der Waals surface area contributed by atoms with Gasteiger partial charge in [-0.3, -0.25) is 4.79 Å². The molecule has 0 aromatic heterocycles. The van der Waals surface area contributed by atoms with Crippen molar-refractivity contribution in [3.63, 3.8) is 0 Å². The SMILES string of the molecule is Cc1ccc(C(=O)c2cccc3c2OCCO3)c(F)c1F. The summed E-state index contributed by atoms with van der Waals surface area (Å²) in [5.41, 5.74) is -0.00579. The Balaban J connectivity index is 2.10. The molecule has 1 heterocycles. The zero-order valence-electron chi connectivity index (χ0n) is 11.3. The zero-order valence-corrected chi connectivity index (χ0v) is 11.3. The number of hydrogen-bond acceptors (Lipinski definition) is 3. The van der Waals surface area contributed by atoms with E-state index in [1.165, 1.54) is 25.1 Å². The smallest absolute Gasteiger partial charge is 0.199 e. The molecule has 2 aromatic carbocycles. The van der Waals surface area contributed by atoms with E-state index in [1.54, 1.807) is 12.1 Å². The molecule has 0 spiro atoms. The molecule has 0 aliphatic carbocycles. The summed E-state index contributed by atoms with van der Waals surface area (Å²) in [5, 5.41) is 0. The van der Waals surface area contributed by atoms with Crippen LogP contribution in [-0.2, 0) is 0 Å². The number of ketones is 1. The van der Waals surface area contributed by atoms with Crippen molar-refractivity contribution in [1.29, 1.82) is 0 Å². The van der Waals surface area contributed by atoms with Gasteiger partial charge in [-0.2, -0.15) is 0 Å². The van der Waals surface area contributed by atoms with Crippen molar-refractivity contribution in [2.75, 3.05) is 13.2 Å². The topological polar surface area (TPSA) is 35.5 Å². The van der Waals surface area contributed by atoms with Crippen LogP contribution >= 0.6 is 0 Å². The van der Waals surface area contributed by atoms with E-state index in [1.807, 2.05) is 0 Å². The maximum Gasteiger partial charge on any atom is 0.199 e. The molecule has 3 rings (SSSR count). The standard InChI is InChI=1S/C16H12F2O3/c1-9-5-6-10(14(18)13(9)17)15(19)11-3-2-4-12-16(11)21-8-7-20-12/h2-6H,7-8H2,1H3. The van der Waals surface area contributed by atoms with E-state index in [9.17, 15) is 13.6 Å². The monoisotopic (exact) mass is 290 g/mol. The lowest BCUT2D eigenvalue weighted by molar-refractivity contribution is 0.102. The summed E-state index contributed by atoms with van der Waals surface area (Å²) in [6.07, 6.45) is 0. The number of para-hydroxylation sites is 1. The zero-order chi connectivity index (χ0) is 15.0. The molecule has 21 heavy (non-hydrogen) atoms. The summed E-state index contributed by atoms with van der Waals surface area (Å²) in [6, 6.07) is 7.44. The van der Waals surface area contributed by atoms with Gasteiger partial charge in [-0.1, -0.05) is 12.1 Å². The van der Waals surface area contributed by atoms with Crippen molar-refractivity contribution >= 4 is 5.78 Å². The van der Waals surface area contributed by atoms with Crippen LogP contribution in [0.1, 0.15) is 21.5 Å². The Hall–Kier alpha value is -2.43. The highest BCUT2D eigenvalue weighted by molar-refractivity contribution is 6.11.